The fourth-order valence-electron chi connectivity index (χ4n) is 3.54. The van der Waals surface area contributed by atoms with Gasteiger partial charge in [0.2, 0.25) is 5.16 Å². The number of tetrazole rings is 1. The zero-order valence-corrected chi connectivity index (χ0v) is 25.1. The number of thiazole rings is 1. The molecule has 16 nitrogen and oxygen atoms in total. The minimum atomic E-state index is -3.75. The van der Waals surface area contributed by atoms with E-state index in [-0.39, 0.29) is 63.2 Å². The average Bonchev–Trinajstić information content (AvgIpc) is 3.45. The summed E-state index contributed by atoms with van der Waals surface area (Å²) in [6, 6.07) is -1.14. The summed E-state index contributed by atoms with van der Waals surface area (Å²) in [5, 5.41) is 38.5. The Morgan fingerprint density at radius 1 is 1.42 bits per heavy atom. The summed E-state index contributed by atoms with van der Waals surface area (Å²) in [6.45, 7) is 0. The van der Waals surface area contributed by atoms with Gasteiger partial charge >= 0.3 is 29.6 Å². The van der Waals surface area contributed by atoms with Gasteiger partial charge in [0.25, 0.3) is 11.8 Å². The van der Waals surface area contributed by atoms with E-state index in [9.17, 15) is 33.1 Å². The molecule has 2 aliphatic heterocycles. The molecule has 2 aromatic heterocycles. The SMILES string of the molecule is Cn1nnnc1SCCS(=O)(=O)CC1=C(C(=O)[O-])N2C(=O)C(NC(=O)/C(=N\O)c3csc(N)n3)[C@H]2SC1.[Na+]. The van der Waals surface area contributed by atoms with Gasteiger partial charge in [-0.15, -0.1) is 28.2 Å². The molecule has 4 rings (SSSR count). The minimum absolute atomic E-state index is 0. The zero-order chi connectivity index (χ0) is 26.9. The molecule has 4 N–H and O–H groups in total. The number of aliphatic carboxylic acids is 1. The number of nitrogens with zero attached hydrogens (tertiary/aromatic N) is 7. The fourth-order valence-corrected chi connectivity index (χ4v) is 8.33. The van der Waals surface area contributed by atoms with Crippen LogP contribution >= 0.6 is 34.9 Å². The summed E-state index contributed by atoms with van der Waals surface area (Å²) in [7, 11) is -2.15. The maximum absolute atomic E-state index is 12.8. The van der Waals surface area contributed by atoms with Crippen LogP contribution in [0, 0.1) is 0 Å². The van der Waals surface area contributed by atoms with Gasteiger partial charge in [0.15, 0.2) is 20.7 Å². The molecule has 2 aromatic rings. The first-order chi connectivity index (χ1) is 17.5. The summed E-state index contributed by atoms with van der Waals surface area (Å²) >= 11 is 3.23. The summed E-state index contributed by atoms with van der Waals surface area (Å²) in [4.78, 5) is 42.1. The quantitative estimate of drug-likeness (QED) is 0.0566. The Balaban J connectivity index is 0.00000400. The molecule has 1 fully saturated rings. The first-order valence-corrected chi connectivity index (χ1v) is 14.9. The van der Waals surface area contributed by atoms with E-state index in [2.05, 4.69) is 31.0 Å². The number of sulfone groups is 1. The van der Waals surface area contributed by atoms with Crippen LogP contribution in [0.2, 0.25) is 0 Å². The molecule has 4 heterocycles. The summed E-state index contributed by atoms with van der Waals surface area (Å²) in [5.74, 6) is -4.15. The maximum Gasteiger partial charge on any atom is 1.00 e. The van der Waals surface area contributed by atoms with E-state index in [1.165, 1.54) is 10.1 Å². The van der Waals surface area contributed by atoms with Gasteiger partial charge in [0, 0.05) is 23.9 Å². The zero-order valence-electron chi connectivity index (χ0n) is 19.8. The van der Waals surface area contributed by atoms with Crippen LogP contribution in [0.5, 0.6) is 0 Å². The van der Waals surface area contributed by atoms with Crippen molar-refractivity contribution in [1.82, 2.24) is 35.4 Å². The number of carbonyl (C=O) groups is 3. The molecule has 0 spiro atoms. The van der Waals surface area contributed by atoms with Crippen molar-refractivity contribution in [3.8, 4) is 0 Å². The number of amides is 2. The molecular formula is C17H18N9NaO7S4. The van der Waals surface area contributed by atoms with Gasteiger partial charge in [-0.3, -0.25) is 14.5 Å². The predicted octanol–water partition coefficient (Wildman–Crippen LogP) is -5.96. The van der Waals surface area contributed by atoms with E-state index in [0.717, 1.165) is 39.8 Å². The maximum atomic E-state index is 12.8. The fraction of sp³-hybridized carbons (Fsp3) is 0.412. The topological polar surface area (TPSA) is 239 Å². The van der Waals surface area contributed by atoms with Crippen LogP contribution < -0.4 is 45.7 Å². The first kappa shape index (κ1) is 30.3. The molecule has 21 heteroatoms. The smallest absolute Gasteiger partial charge is 0.543 e. The Morgan fingerprint density at radius 2 is 2.16 bits per heavy atom. The Bertz CT molecular complexity index is 1420. The van der Waals surface area contributed by atoms with Gasteiger partial charge in [0.1, 0.15) is 17.1 Å². The second-order valence-electron chi connectivity index (χ2n) is 7.65. The van der Waals surface area contributed by atoms with Crippen LogP contribution in [-0.4, -0.2) is 102 Å². The number of rotatable bonds is 10. The molecule has 198 valence electrons. The number of carboxylic acid groups (broad SMARTS) is 1. The van der Waals surface area contributed by atoms with Crippen molar-refractivity contribution in [2.75, 3.05) is 28.7 Å². The number of carbonyl (C=O) groups excluding carboxylic acids is 3. The number of β-lactam (4-membered cyclic amide) rings is 1. The van der Waals surface area contributed by atoms with Crippen molar-refractivity contribution in [1.29, 1.82) is 0 Å². The van der Waals surface area contributed by atoms with Crippen molar-refractivity contribution in [3.05, 3.63) is 22.3 Å². The number of hydrogen-bond donors (Lipinski definition) is 3. The number of hydrogen-bond acceptors (Lipinski definition) is 16. The molecule has 2 atom stereocenters. The number of thioether (sulfide) groups is 2. The molecule has 0 saturated carbocycles. The van der Waals surface area contributed by atoms with Crippen molar-refractivity contribution >= 4 is 73.3 Å². The third kappa shape index (κ3) is 6.32. The monoisotopic (exact) mass is 611 g/mol. The van der Waals surface area contributed by atoms with Gasteiger partial charge in [-0.2, -0.15) is 0 Å². The summed E-state index contributed by atoms with van der Waals surface area (Å²) in [5.41, 5.74) is 4.54. The Morgan fingerprint density at radius 3 is 2.74 bits per heavy atom. The van der Waals surface area contributed by atoms with Gasteiger partial charge in [0.05, 0.1) is 23.2 Å². The summed E-state index contributed by atoms with van der Waals surface area (Å²) < 4.78 is 26.8. The molecule has 0 aromatic carbocycles. The van der Waals surface area contributed by atoms with Crippen molar-refractivity contribution < 1.29 is 62.7 Å². The minimum Gasteiger partial charge on any atom is -0.543 e. The Hall–Kier alpha value is -2.23. The third-order valence-corrected chi connectivity index (χ3v) is 10.1. The second-order valence-corrected chi connectivity index (χ2v) is 12.9. The van der Waals surface area contributed by atoms with Crippen molar-refractivity contribution in [3.63, 3.8) is 0 Å². The normalized spacial score (nSPS) is 19.4. The van der Waals surface area contributed by atoms with E-state index in [1.807, 2.05) is 0 Å². The van der Waals surface area contributed by atoms with Gasteiger partial charge in [-0.25, -0.2) is 18.1 Å². The second kappa shape index (κ2) is 12.3. The van der Waals surface area contributed by atoms with Crippen molar-refractivity contribution in [2.24, 2.45) is 12.2 Å². The number of carboxylic acids is 1. The predicted molar refractivity (Wildman–Crippen MR) is 130 cm³/mol. The van der Waals surface area contributed by atoms with E-state index < -0.39 is 56.2 Å². The number of aromatic nitrogens is 5. The van der Waals surface area contributed by atoms with Gasteiger partial charge in [-0.1, -0.05) is 16.9 Å². The molecule has 0 radical (unpaired) electrons. The standard InChI is InChI=1S/C17H19N9O7S4.Na/c1-25-17(21-23-24-25)34-2-3-37(32,33)6-7-4-35-14-10(13(28)26(14)11(7)15(29)30)20-12(27)9(22-31)8-5-36-16(18)19-8;/h5,10,14,31H,2-4,6H2,1H3,(H2,18,19)(H,20,27)(H,29,30);/q;+1/p-1/b22-9-;/t10?,14-;/m1./s1. The Kier molecular flexibility index (Phi) is 9.81. The van der Waals surface area contributed by atoms with Crippen molar-refractivity contribution in [2.45, 2.75) is 16.6 Å². The molecular weight excluding hydrogens is 594 g/mol. The number of fused-ring (bicyclic) bond motifs is 1. The number of nitrogens with one attached hydrogen (secondary N) is 1. The molecule has 0 aliphatic carbocycles. The largest absolute Gasteiger partial charge is 1.00 e. The van der Waals surface area contributed by atoms with Crippen LogP contribution in [0.1, 0.15) is 5.69 Å². The van der Waals surface area contributed by atoms with E-state index in [4.69, 9.17) is 5.73 Å². The molecule has 1 saturated heterocycles. The van der Waals surface area contributed by atoms with E-state index in [1.54, 1.807) is 7.05 Å². The average molecular weight is 612 g/mol. The molecule has 2 amide bonds. The summed E-state index contributed by atoms with van der Waals surface area (Å²) in [6.07, 6.45) is 0. The Labute approximate surface area is 249 Å². The number of anilines is 1. The molecule has 2 aliphatic rings. The van der Waals surface area contributed by atoms with Gasteiger partial charge < -0.3 is 26.2 Å². The number of nitrogens with two attached hydrogens (primary N) is 1. The third-order valence-electron chi connectivity index (χ3n) is 5.21. The van der Waals surface area contributed by atoms with Gasteiger partial charge in [-0.05, 0) is 16.0 Å². The van der Waals surface area contributed by atoms with Crippen LogP contribution in [-0.2, 0) is 31.3 Å². The number of nitrogen functional groups attached to an aromatic ring is 1. The first-order valence-electron chi connectivity index (χ1n) is 10.2. The number of oxime groups is 1. The molecule has 0 bridgehead atoms. The molecule has 1 unspecified atom stereocenters. The van der Waals surface area contributed by atoms with Crippen LogP contribution in [0.3, 0.4) is 0 Å². The molecule has 38 heavy (non-hydrogen) atoms. The van der Waals surface area contributed by atoms with Crippen LogP contribution in [0.4, 0.5) is 5.13 Å². The number of aryl methyl sites for hydroxylation is 1. The van der Waals surface area contributed by atoms with Crippen LogP contribution in [0.25, 0.3) is 0 Å². The van der Waals surface area contributed by atoms with Crippen LogP contribution in [0.15, 0.2) is 27.0 Å². The van der Waals surface area contributed by atoms with E-state index >= 15 is 0 Å². The van der Waals surface area contributed by atoms with E-state index in [0.29, 0.717) is 5.16 Å².